The van der Waals surface area contributed by atoms with Crippen LogP contribution < -0.4 is 9.64 Å². The lowest BCUT2D eigenvalue weighted by Gasteiger charge is -2.25. The predicted molar refractivity (Wildman–Crippen MR) is 120 cm³/mol. The van der Waals surface area contributed by atoms with E-state index in [1.165, 1.54) is 0 Å². The highest BCUT2D eigenvalue weighted by molar-refractivity contribution is 6.34. The maximum Gasteiger partial charge on any atom is 0.304 e. The fourth-order valence-corrected chi connectivity index (χ4v) is 4.28. The molecule has 0 aliphatic carbocycles. The summed E-state index contributed by atoms with van der Waals surface area (Å²) >= 11 is 6.26. The second kappa shape index (κ2) is 8.82. The Morgan fingerprint density at radius 3 is 2.45 bits per heavy atom. The van der Waals surface area contributed by atoms with Gasteiger partial charge in [-0.2, -0.15) is 0 Å². The van der Waals surface area contributed by atoms with Gasteiger partial charge in [0.05, 0.1) is 17.0 Å². The molecule has 3 aromatic carbocycles. The van der Waals surface area contributed by atoms with E-state index in [-0.39, 0.29) is 24.3 Å². The Morgan fingerprint density at radius 2 is 1.74 bits per heavy atom. The third-order valence-corrected chi connectivity index (χ3v) is 5.94. The Labute approximate surface area is 185 Å². The van der Waals surface area contributed by atoms with Crippen molar-refractivity contribution >= 4 is 29.2 Å². The van der Waals surface area contributed by atoms with Crippen molar-refractivity contribution in [3.63, 3.8) is 0 Å². The minimum absolute atomic E-state index is 0.0807. The van der Waals surface area contributed by atoms with Crippen LogP contribution in [0.2, 0.25) is 5.02 Å². The van der Waals surface area contributed by atoms with Crippen molar-refractivity contribution in [1.29, 1.82) is 0 Å². The number of rotatable bonds is 6. The lowest BCUT2D eigenvalue weighted by Crippen LogP contribution is -2.37. The number of halogens is 1. The molecule has 0 aromatic heterocycles. The van der Waals surface area contributed by atoms with Crippen molar-refractivity contribution in [2.24, 2.45) is 0 Å². The maximum absolute atomic E-state index is 13.3. The van der Waals surface area contributed by atoms with E-state index >= 15 is 0 Å². The van der Waals surface area contributed by atoms with Gasteiger partial charge in [-0.05, 0) is 48.4 Å². The molecule has 2 unspecified atom stereocenters. The van der Waals surface area contributed by atoms with E-state index in [1.54, 1.807) is 29.2 Å². The zero-order chi connectivity index (χ0) is 22.0. The Balaban J connectivity index is 1.67. The first-order valence-corrected chi connectivity index (χ1v) is 10.4. The summed E-state index contributed by atoms with van der Waals surface area (Å²) in [5.41, 5.74) is 2.91. The van der Waals surface area contributed by atoms with Crippen molar-refractivity contribution in [2.75, 3.05) is 4.90 Å². The van der Waals surface area contributed by atoms with Crippen molar-refractivity contribution in [3.8, 4) is 5.75 Å². The molecule has 6 heteroatoms. The van der Waals surface area contributed by atoms with Crippen LogP contribution in [0.15, 0.2) is 72.8 Å². The van der Waals surface area contributed by atoms with Gasteiger partial charge in [-0.3, -0.25) is 9.59 Å². The highest BCUT2D eigenvalue weighted by Crippen LogP contribution is 2.45. The summed E-state index contributed by atoms with van der Waals surface area (Å²) < 4.78 is 5.93. The number of hydrogen-bond acceptors (Lipinski definition) is 3. The zero-order valence-electron chi connectivity index (χ0n) is 17.0. The summed E-state index contributed by atoms with van der Waals surface area (Å²) in [5, 5.41) is 9.84. The fraction of sp³-hybridized carbons (Fsp3) is 0.200. The van der Waals surface area contributed by atoms with Gasteiger partial charge in [0.15, 0.2) is 0 Å². The molecule has 1 N–H and O–H groups in total. The molecule has 158 valence electrons. The van der Waals surface area contributed by atoms with Crippen molar-refractivity contribution in [3.05, 3.63) is 94.5 Å². The van der Waals surface area contributed by atoms with Gasteiger partial charge in [-0.1, -0.05) is 54.1 Å². The number of nitrogens with zero attached hydrogens (tertiary/aromatic N) is 1. The third kappa shape index (κ3) is 4.28. The number of carbonyl (C=O) groups is 2. The Bertz CT molecular complexity index is 1120. The highest BCUT2D eigenvalue weighted by Gasteiger charge is 2.40. The molecule has 2 atom stereocenters. The number of carboxylic acid groups (broad SMARTS) is 1. The van der Waals surface area contributed by atoms with E-state index in [9.17, 15) is 14.7 Å². The summed E-state index contributed by atoms with van der Waals surface area (Å²) in [5.74, 6) is -0.868. The smallest absolute Gasteiger partial charge is 0.304 e. The molecule has 5 nitrogen and oxygen atoms in total. The summed E-state index contributed by atoms with van der Waals surface area (Å²) in [7, 11) is 0. The van der Waals surface area contributed by atoms with Gasteiger partial charge in [-0.25, -0.2) is 0 Å². The average molecular weight is 436 g/mol. The molecule has 0 saturated carbocycles. The first-order valence-electron chi connectivity index (χ1n) is 10.1. The first kappa shape index (κ1) is 20.9. The minimum Gasteiger partial charge on any atom is -0.489 e. The maximum atomic E-state index is 13.3. The molecule has 0 bridgehead atoms. The van der Waals surface area contributed by atoms with Crippen molar-refractivity contribution in [2.45, 2.75) is 31.9 Å². The number of carbonyl (C=O) groups excluding carboxylic acids is 1. The number of aliphatic carboxylic acids is 1. The van der Waals surface area contributed by atoms with E-state index in [0.717, 1.165) is 11.1 Å². The molecular weight excluding hydrogens is 414 g/mol. The quantitative estimate of drug-likeness (QED) is 0.553. The van der Waals surface area contributed by atoms with E-state index in [0.29, 0.717) is 28.6 Å². The molecular formula is C25H22ClNO4. The van der Waals surface area contributed by atoms with Crippen LogP contribution in [-0.4, -0.2) is 23.0 Å². The van der Waals surface area contributed by atoms with Crippen LogP contribution in [0.25, 0.3) is 0 Å². The van der Waals surface area contributed by atoms with Gasteiger partial charge in [0.1, 0.15) is 12.4 Å². The number of hydrogen-bond donors (Lipinski definition) is 1. The second-order valence-corrected chi connectivity index (χ2v) is 8.00. The van der Waals surface area contributed by atoms with E-state index in [1.807, 2.05) is 55.5 Å². The molecule has 4 rings (SSSR count). The number of carboxylic acids is 1. The molecule has 0 radical (unpaired) electrons. The molecule has 1 amide bonds. The van der Waals surface area contributed by atoms with Crippen LogP contribution in [0.5, 0.6) is 5.75 Å². The molecule has 0 saturated heterocycles. The number of ether oxygens (including phenoxy) is 1. The van der Waals surface area contributed by atoms with E-state index < -0.39 is 5.97 Å². The SMILES string of the molecule is CC1C(CC(=O)O)c2cc(OCc3ccccc3)ccc2N1C(=O)c1ccccc1Cl. The van der Waals surface area contributed by atoms with Gasteiger partial charge < -0.3 is 14.7 Å². The van der Waals surface area contributed by atoms with Gasteiger partial charge in [0, 0.05) is 17.6 Å². The van der Waals surface area contributed by atoms with Crippen LogP contribution in [-0.2, 0) is 11.4 Å². The molecule has 1 heterocycles. The monoisotopic (exact) mass is 435 g/mol. The van der Waals surface area contributed by atoms with Crippen LogP contribution >= 0.6 is 11.6 Å². The molecule has 1 aliphatic rings. The first-order chi connectivity index (χ1) is 15.0. The number of fused-ring (bicyclic) bond motifs is 1. The van der Waals surface area contributed by atoms with Crippen LogP contribution in [0.1, 0.15) is 40.7 Å². The molecule has 0 fully saturated rings. The van der Waals surface area contributed by atoms with Gasteiger partial charge in [0.25, 0.3) is 5.91 Å². The largest absolute Gasteiger partial charge is 0.489 e. The molecule has 1 aliphatic heterocycles. The fourth-order valence-electron chi connectivity index (χ4n) is 4.07. The average Bonchev–Trinajstić information content (AvgIpc) is 3.03. The lowest BCUT2D eigenvalue weighted by molar-refractivity contribution is -0.137. The van der Waals surface area contributed by atoms with Crippen molar-refractivity contribution < 1.29 is 19.4 Å². The standard InChI is InChI=1S/C25H22ClNO4/c1-16-20(14-24(28)29)21-13-18(31-15-17-7-3-2-4-8-17)11-12-23(21)27(16)25(30)19-9-5-6-10-22(19)26/h2-13,16,20H,14-15H2,1H3,(H,28,29). The minimum atomic E-state index is -0.912. The van der Waals surface area contributed by atoms with Crippen LogP contribution in [0.4, 0.5) is 5.69 Å². The predicted octanol–water partition coefficient (Wildman–Crippen LogP) is 5.53. The number of amides is 1. The second-order valence-electron chi connectivity index (χ2n) is 7.59. The summed E-state index contributed by atoms with van der Waals surface area (Å²) in [4.78, 5) is 26.5. The summed E-state index contributed by atoms with van der Waals surface area (Å²) in [6.07, 6.45) is -0.0807. The zero-order valence-corrected chi connectivity index (χ0v) is 17.8. The van der Waals surface area contributed by atoms with Gasteiger partial charge in [0.2, 0.25) is 0 Å². The number of benzene rings is 3. The molecule has 31 heavy (non-hydrogen) atoms. The Morgan fingerprint density at radius 1 is 1.03 bits per heavy atom. The molecule has 3 aromatic rings. The van der Waals surface area contributed by atoms with Crippen molar-refractivity contribution in [1.82, 2.24) is 0 Å². The van der Waals surface area contributed by atoms with E-state index in [2.05, 4.69) is 0 Å². The third-order valence-electron chi connectivity index (χ3n) is 5.61. The summed E-state index contributed by atoms with van der Waals surface area (Å²) in [6.45, 7) is 2.27. The molecule has 0 spiro atoms. The van der Waals surface area contributed by atoms with Gasteiger partial charge >= 0.3 is 5.97 Å². The normalized spacial score (nSPS) is 17.3. The summed E-state index contributed by atoms with van der Waals surface area (Å²) in [6, 6.07) is 21.8. The highest BCUT2D eigenvalue weighted by atomic mass is 35.5. The van der Waals surface area contributed by atoms with Gasteiger partial charge in [-0.15, -0.1) is 0 Å². The number of anilines is 1. The Hall–Kier alpha value is -3.31. The van der Waals surface area contributed by atoms with E-state index in [4.69, 9.17) is 16.3 Å². The topological polar surface area (TPSA) is 66.8 Å². The van der Waals surface area contributed by atoms with Crippen LogP contribution in [0, 0.1) is 0 Å². The Kier molecular flexibility index (Phi) is 5.96. The van der Waals surface area contributed by atoms with Crippen LogP contribution in [0.3, 0.4) is 0 Å². The lowest BCUT2D eigenvalue weighted by atomic mass is 9.92.